The van der Waals surface area contributed by atoms with E-state index in [9.17, 15) is 0 Å². The van der Waals surface area contributed by atoms with Gasteiger partial charge >= 0.3 is 0 Å². The number of epoxide rings is 1. The van der Waals surface area contributed by atoms with Crippen LogP contribution in [-0.2, 0) is 11.2 Å². The van der Waals surface area contributed by atoms with Crippen LogP contribution in [0.2, 0.25) is 5.02 Å². The summed E-state index contributed by atoms with van der Waals surface area (Å²) in [6.45, 7) is 0.880. The molecule has 1 saturated heterocycles. The Hall–Kier alpha value is -0.930. The average Bonchev–Trinajstić information content (AvgIpc) is 3.11. The molecule has 1 aliphatic rings. The predicted molar refractivity (Wildman–Crippen MR) is 62.6 cm³/mol. The normalized spacial score (nSPS) is 18.3. The van der Waals surface area contributed by atoms with Crippen LogP contribution in [0.5, 0.6) is 11.5 Å². The molecule has 16 heavy (non-hydrogen) atoms. The minimum absolute atomic E-state index is 0.421. The highest BCUT2D eigenvalue weighted by molar-refractivity contribution is 6.31. The number of methoxy groups -OCH3 is 2. The molecule has 0 radical (unpaired) electrons. The van der Waals surface area contributed by atoms with Gasteiger partial charge in [0.25, 0.3) is 0 Å². The highest BCUT2D eigenvalue weighted by Crippen LogP contribution is 2.34. The van der Waals surface area contributed by atoms with Crippen LogP contribution in [0, 0.1) is 0 Å². The van der Waals surface area contributed by atoms with Crippen molar-refractivity contribution in [3.63, 3.8) is 0 Å². The van der Waals surface area contributed by atoms with Gasteiger partial charge in [0.05, 0.1) is 26.9 Å². The fourth-order valence-corrected chi connectivity index (χ4v) is 1.89. The zero-order chi connectivity index (χ0) is 11.5. The van der Waals surface area contributed by atoms with Crippen LogP contribution in [0.1, 0.15) is 12.0 Å². The van der Waals surface area contributed by atoms with Gasteiger partial charge in [0.1, 0.15) is 0 Å². The van der Waals surface area contributed by atoms with Crippen molar-refractivity contribution in [2.24, 2.45) is 0 Å². The lowest BCUT2D eigenvalue weighted by Gasteiger charge is -2.11. The van der Waals surface area contributed by atoms with E-state index in [1.807, 2.05) is 6.07 Å². The summed E-state index contributed by atoms with van der Waals surface area (Å²) in [5, 5.41) is 0.721. The van der Waals surface area contributed by atoms with Gasteiger partial charge in [-0.05, 0) is 24.5 Å². The molecule has 88 valence electrons. The van der Waals surface area contributed by atoms with E-state index in [0.29, 0.717) is 11.9 Å². The van der Waals surface area contributed by atoms with Crippen LogP contribution in [-0.4, -0.2) is 26.9 Å². The molecular formula is C12H15ClO3. The third kappa shape index (κ3) is 2.60. The van der Waals surface area contributed by atoms with E-state index in [4.69, 9.17) is 25.8 Å². The van der Waals surface area contributed by atoms with Crippen LogP contribution in [0.4, 0.5) is 0 Å². The largest absolute Gasteiger partial charge is 0.493 e. The number of hydrogen-bond acceptors (Lipinski definition) is 3. The van der Waals surface area contributed by atoms with E-state index in [1.165, 1.54) is 0 Å². The van der Waals surface area contributed by atoms with Gasteiger partial charge in [-0.2, -0.15) is 0 Å². The first kappa shape index (κ1) is 11.6. The number of hydrogen-bond donors (Lipinski definition) is 0. The molecule has 2 rings (SSSR count). The number of aryl methyl sites for hydroxylation is 1. The topological polar surface area (TPSA) is 31.0 Å². The SMILES string of the molecule is COc1cc(Cl)c(CCC2CO2)cc1OC. The van der Waals surface area contributed by atoms with E-state index in [2.05, 4.69) is 0 Å². The molecule has 0 bridgehead atoms. The number of halogens is 1. The molecule has 1 aromatic carbocycles. The van der Waals surface area contributed by atoms with Crippen LogP contribution in [0.25, 0.3) is 0 Å². The molecule has 1 fully saturated rings. The maximum atomic E-state index is 6.16. The Morgan fingerprint density at radius 3 is 2.50 bits per heavy atom. The molecule has 4 heteroatoms. The van der Waals surface area contributed by atoms with Crippen molar-refractivity contribution in [3.8, 4) is 11.5 Å². The first-order chi connectivity index (χ1) is 7.74. The Balaban J connectivity index is 2.15. The summed E-state index contributed by atoms with van der Waals surface area (Å²) in [6.07, 6.45) is 2.34. The predicted octanol–water partition coefficient (Wildman–Crippen LogP) is 2.69. The third-order valence-corrected chi connectivity index (χ3v) is 3.04. The summed E-state index contributed by atoms with van der Waals surface area (Å²) in [4.78, 5) is 0. The van der Waals surface area contributed by atoms with Crippen molar-refractivity contribution >= 4 is 11.6 Å². The standard InChI is InChI=1S/C12H15ClO3/c1-14-11-5-8(3-4-9-7-16-9)10(13)6-12(11)15-2/h5-6,9H,3-4,7H2,1-2H3. The smallest absolute Gasteiger partial charge is 0.162 e. The average molecular weight is 243 g/mol. The van der Waals surface area contributed by atoms with E-state index in [-0.39, 0.29) is 0 Å². The zero-order valence-electron chi connectivity index (χ0n) is 9.46. The van der Waals surface area contributed by atoms with Gasteiger partial charge in [-0.1, -0.05) is 11.6 Å². The first-order valence-electron chi connectivity index (χ1n) is 5.26. The minimum Gasteiger partial charge on any atom is -0.493 e. The molecule has 3 nitrogen and oxygen atoms in total. The van der Waals surface area contributed by atoms with Crippen LogP contribution < -0.4 is 9.47 Å². The zero-order valence-corrected chi connectivity index (χ0v) is 10.2. The number of benzene rings is 1. The van der Waals surface area contributed by atoms with Crippen molar-refractivity contribution in [2.45, 2.75) is 18.9 Å². The number of ether oxygens (including phenoxy) is 3. The molecule has 1 heterocycles. The first-order valence-corrected chi connectivity index (χ1v) is 5.64. The van der Waals surface area contributed by atoms with E-state index in [0.717, 1.165) is 35.8 Å². The lowest BCUT2D eigenvalue weighted by molar-refractivity contribution is 0.354. The van der Waals surface area contributed by atoms with Crippen LogP contribution >= 0.6 is 11.6 Å². The van der Waals surface area contributed by atoms with Crippen molar-refractivity contribution in [1.82, 2.24) is 0 Å². The van der Waals surface area contributed by atoms with E-state index < -0.39 is 0 Å². The molecule has 1 aromatic rings. The Bertz CT molecular complexity index is 375. The molecule has 0 spiro atoms. The van der Waals surface area contributed by atoms with E-state index in [1.54, 1.807) is 20.3 Å². The fourth-order valence-electron chi connectivity index (χ4n) is 1.64. The van der Waals surface area contributed by atoms with E-state index >= 15 is 0 Å². The fraction of sp³-hybridized carbons (Fsp3) is 0.500. The lowest BCUT2D eigenvalue weighted by Crippen LogP contribution is -1.96. The van der Waals surface area contributed by atoms with Gasteiger partial charge in [0.15, 0.2) is 11.5 Å². The van der Waals surface area contributed by atoms with Gasteiger partial charge in [0.2, 0.25) is 0 Å². The summed E-state index contributed by atoms with van der Waals surface area (Å²) in [5.41, 5.74) is 1.08. The third-order valence-electron chi connectivity index (χ3n) is 2.69. The van der Waals surface area contributed by atoms with Gasteiger partial charge in [0, 0.05) is 11.1 Å². The molecule has 0 amide bonds. The van der Waals surface area contributed by atoms with Crippen molar-refractivity contribution < 1.29 is 14.2 Å². The van der Waals surface area contributed by atoms with Crippen molar-refractivity contribution in [2.75, 3.05) is 20.8 Å². The van der Waals surface area contributed by atoms with Crippen molar-refractivity contribution in [3.05, 3.63) is 22.7 Å². The van der Waals surface area contributed by atoms with Gasteiger partial charge in [-0.15, -0.1) is 0 Å². The summed E-state index contributed by atoms with van der Waals surface area (Å²) in [5.74, 6) is 1.39. The van der Waals surface area contributed by atoms with Gasteiger partial charge in [-0.25, -0.2) is 0 Å². The second-order valence-electron chi connectivity index (χ2n) is 3.79. The molecule has 0 saturated carbocycles. The molecule has 1 aliphatic heterocycles. The van der Waals surface area contributed by atoms with Crippen LogP contribution in [0.15, 0.2) is 12.1 Å². The highest BCUT2D eigenvalue weighted by Gasteiger charge is 2.22. The molecule has 0 aliphatic carbocycles. The molecule has 1 unspecified atom stereocenters. The Kier molecular flexibility index (Phi) is 3.56. The second kappa shape index (κ2) is 4.93. The Morgan fingerprint density at radius 2 is 1.94 bits per heavy atom. The van der Waals surface area contributed by atoms with Gasteiger partial charge in [-0.3, -0.25) is 0 Å². The molecule has 1 atom stereocenters. The monoisotopic (exact) mass is 242 g/mol. The summed E-state index contributed by atoms with van der Waals surface area (Å²) in [6, 6.07) is 3.73. The molecular weight excluding hydrogens is 228 g/mol. The highest BCUT2D eigenvalue weighted by atomic mass is 35.5. The van der Waals surface area contributed by atoms with Gasteiger partial charge < -0.3 is 14.2 Å². The maximum absolute atomic E-state index is 6.16. The summed E-state index contributed by atoms with van der Waals surface area (Å²) in [7, 11) is 3.23. The number of rotatable bonds is 5. The minimum atomic E-state index is 0.421. The van der Waals surface area contributed by atoms with Crippen LogP contribution in [0.3, 0.4) is 0 Å². The summed E-state index contributed by atoms with van der Waals surface area (Å²) >= 11 is 6.16. The molecule has 0 N–H and O–H groups in total. The Labute approximate surface area is 100 Å². The second-order valence-corrected chi connectivity index (χ2v) is 4.20. The lowest BCUT2D eigenvalue weighted by atomic mass is 10.1. The maximum Gasteiger partial charge on any atom is 0.162 e. The Morgan fingerprint density at radius 1 is 1.31 bits per heavy atom. The molecule has 0 aromatic heterocycles. The quantitative estimate of drug-likeness (QED) is 0.744. The summed E-state index contributed by atoms with van der Waals surface area (Å²) < 4.78 is 15.6. The van der Waals surface area contributed by atoms with Crippen molar-refractivity contribution in [1.29, 1.82) is 0 Å².